The van der Waals surface area contributed by atoms with Gasteiger partial charge in [-0.25, -0.2) is 0 Å². The fourth-order valence-corrected chi connectivity index (χ4v) is 1.06. The van der Waals surface area contributed by atoms with Gasteiger partial charge in [0, 0.05) is 11.1 Å². The van der Waals surface area contributed by atoms with Crippen molar-refractivity contribution >= 4 is 21.8 Å². The smallest absolute Gasteiger partial charge is 0.170 e. The van der Waals surface area contributed by atoms with Crippen LogP contribution in [-0.2, 0) is 0 Å². The average molecular weight is 253 g/mol. The van der Waals surface area contributed by atoms with Gasteiger partial charge in [-0.2, -0.15) is 0 Å². The van der Waals surface area contributed by atoms with Gasteiger partial charge in [-0.3, -0.25) is 0 Å². The van der Waals surface area contributed by atoms with Gasteiger partial charge in [0.15, 0.2) is 5.84 Å². The summed E-state index contributed by atoms with van der Waals surface area (Å²) >= 11 is 3.21. The SMILES string of the molecule is NC(=NO)c1ccc(C#CCBr)cc1. The molecule has 14 heavy (non-hydrogen) atoms. The molecule has 4 heteroatoms. The van der Waals surface area contributed by atoms with Crippen LogP contribution in [0.15, 0.2) is 29.4 Å². The Labute approximate surface area is 90.7 Å². The summed E-state index contributed by atoms with van der Waals surface area (Å²) in [6.07, 6.45) is 0. The molecule has 0 amide bonds. The topological polar surface area (TPSA) is 58.6 Å². The molecule has 0 bridgehead atoms. The molecule has 3 nitrogen and oxygen atoms in total. The van der Waals surface area contributed by atoms with Gasteiger partial charge in [-0.1, -0.05) is 32.9 Å². The molecule has 0 radical (unpaired) electrons. The van der Waals surface area contributed by atoms with E-state index in [1.54, 1.807) is 12.1 Å². The predicted octanol–water partition coefficient (Wildman–Crippen LogP) is 1.53. The molecule has 0 saturated carbocycles. The van der Waals surface area contributed by atoms with Crippen LogP contribution < -0.4 is 5.73 Å². The minimum Gasteiger partial charge on any atom is -0.409 e. The van der Waals surface area contributed by atoms with Crippen molar-refractivity contribution in [3.63, 3.8) is 0 Å². The molecule has 3 N–H and O–H groups in total. The van der Waals surface area contributed by atoms with Crippen LogP contribution >= 0.6 is 15.9 Å². The van der Waals surface area contributed by atoms with E-state index in [0.717, 1.165) is 5.56 Å². The number of amidine groups is 1. The molecular formula is C10H9BrN2O. The van der Waals surface area contributed by atoms with E-state index in [9.17, 15) is 0 Å². The molecule has 72 valence electrons. The highest BCUT2D eigenvalue weighted by molar-refractivity contribution is 9.09. The fraction of sp³-hybridized carbons (Fsp3) is 0.100. The highest BCUT2D eigenvalue weighted by Crippen LogP contribution is 2.02. The van der Waals surface area contributed by atoms with Crippen LogP contribution in [0.3, 0.4) is 0 Å². The summed E-state index contributed by atoms with van der Waals surface area (Å²) in [6.45, 7) is 0. The van der Waals surface area contributed by atoms with Crippen LogP contribution in [0.2, 0.25) is 0 Å². The number of alkyl halides is 1. The first-order valence-electron chi connectivity index (χ1n) is 3.90. The standard InChI is InChI=1S/C10H9BrN2O/c11-7-1-2-8-3-5-9(6-4-8)10(12)13-14/h3-6,14H,7H2,(H2,12,13). The van der Waals surface area contributed by atoms with Gasteiger partial charge in [0.25, 0.3) is 0 Å². The second-order valence-electron chi connectivity index (χ2n) is 2.50. The molecule has 1 aromatic carbocycles. The monoisotopic (exact) mass is 252 g/mol. The van der Waals surface area contributed by atoms with Crippen LogP contribution in [0.4, 0.5) is 0 Å². The predicted molar refractivity (Wildman–Crippen MR) is 59.6 cm³/mol. The van der Waals surface area contributed by atoms with E-state index >= 15 is 0 Å². The Balaban J connectivity index is 2.89. The third kappa shape index (κ3) is 2.79. The molecule has 0 aliphatic carbocycles. The number of rotatable bonds is 1. The molecule has 0 unspecified atom stereocenters. The van der Waals surface area contributed by atoms with Gasteiger partial charge < -0.3 is 10.9 Å². The number of benzene rings is 1. The summed E-state index contributed by atoms with van der Waals surface area (Å²) in [7, 11) is 0. The molecule has 0 spiro atoms. The maximum absolute atomic E-state index is 8.43. The van der Waals surface area contributed by atoms with Crippen LogP contribution in [0.25, 0.3) is 0 Å². The molecule has 1 rings (SSSR count). The number of nitrogens with zero attached hydrogens (tertiary/aromatic N) is 1. The van der Waals surface area contributed by atoms with Gasteiger partial charge in [0.05, 0.1) is 5.33 Å². The normalized spacial score (nSPS) is 10.5. The van der Waals surface area contributed by atoms with E-state index in [1.807, 2.05) is 12.1 Å². The van der Waals surface area contributed by atoms with Crippen molar-refractivity contribution in [3.05, 3.63) is 35.4 Å². The van der Waals surface area contributed by atoms with Crippen molar-refractivity contribution in [1.82, 2.24) is 0 Å². The average Bonchev–Trinajstić information content (AvgIpc) is 2.26. The van der Waals surface area contributed by atoms with E-state index in [1.165, 1.54) is 0 Å². The van der Waals surface area contributed by atoms with Gasteiger partial charge in [0.1, 0.15) is 0 Å². The number of nitrogens with two attached hydrogens (primary N) is 1. The van der Waals surface area contributed by atoms with Crippen LogP contribution in [-0.4, -0.2) is 16.4 Å². The van der Waals surface area contributed by atoms with E-state index in [4.69, 9.17) is 10.9 Å². The van der Waals surface area contributed by atoms with Crippen molar-refractivity contribution in [3.8, 4) is 11.8 Å². The molecule has 0 heterocycles. The summed E-state index contributed by atoms with van der Waals surface area (Å²) in [5.41, 5.74) is 6.98. The van der Waals surface area contributed by atoms with Crippen LogP contribution in [0.5, 0.6) is 0 Å². The van der Waals surface area contributed by atoms with Crippen LogP contribution in [0, 0.1) is 11.8 Å². The third-order valence-electron chi connectivity index (χ3n) is 1.59. The van der Waals surface area contributed by atoms with Crippen molar-refractivity contribution < 1.29 is 5.21 Å². The van der Waals surface area contributed by atoms with Gasteiger partial charge in [-0.05, 0) is 24.3 Å². The molecule has 1 aromatic rings. The Morgan fingerprint density at radius 2 is 2.07 bits per heavy atom. The first kappa shape index (κ1) is 10.6. The van der Waals surface area contributed by atoms with E-state index in [2.05, 4.69) is 32.9 Å². The molecule has 0 saturated heterocycles. The third-order valence-corrected chi connectivity index (χ3v) is 1.87. The zero-order chi connectivity index (χ0) is 10.4. The zero-order valence-corrected chi connectivity index (χ0v) is 8.95. The lowest BCUT2D eigenvalue weighted by molar-refractivity contribution is 0.318. The van der Waals surface area contributed by atoms with Crippen molar-refractivity contribution in [2.45, 2.75) is 0 Å². The summed E-state index contributed by atoms with van der Waals surface area (Å²) in [5, 5.41) is 12.0. The second-order valence-corrected chi connectivity index (χ2v) is 3.06. The number of halogens is 1. The lowest BCUT2D eigenvalue weighted by Crippen LogP contribution is -2.12. The summed E-state index contributed by atoms with van der Waals surface area (Å²) in [4.78, 5) is 0. The number of hydrogen-bond acceptors (Lipinski definition) is 2. The minimum atomic E-state index is 0.102. The Morgan fingerprint density at radius 3 is 2.57 bits per heavy atom. The molecule has 0 fully saturated rings. The Kier molecular flexibility index (Phi) is 4.02. The van der Waals surface area contributed by atoms with E-state index < -0.39 is 0 Å². The Morgan fingerprint density at radius 1 is 1.43 bits per heavy atom. The molecule has 0 aliphatic heterocycles. The van der Waals surface area contributed by atoms with Gasteiger partial charge in [0.2, 0.25) is 0 Å². The van der Waals surface area contributed by atoms with Gasteiger partial charge in [-0.15, -0.1) is 0 Å². The first-order valence-corrected chi connectivity index (χ1v) is 5.03. The lowest BCUT2D eigenvalue weighted by Gasteiger charge is -1.97. The van der Waals surface area contributed by atoms with Crippen molar-refractivity contribution in [1.29, 1.82) is 0 Å². The van der Waals surface area contributed by atoms with Crippen LogP contribution in [0.1, 0.15) is 11.1 Å². The van der Waals surface area contributed by atoms with Crippen molar-refractivity contribution in [2.75, 3.05) is 5.33 Å². The highest BCUT2D eigenvalue weighted by atomic mass is 79.9. The zero-order valence-electron chi connectivity index (χ0n) is 7.37. The number of oxime groups is 1. The molecule has 0 aromatic heterocycles. The number of hydrogen-bond donors (Lipinski definition) is 2. The van der Waals surface area contributed by atoms with E-state index in [-0.39, 0.29) is 5.84 Å². The fourth-order valence-electron chi connectivity index (χ4n) is 0.918. The van der Waals surface area contributed by atoms with Crippen molar-refractivity contribution in [2.24, 2.45) is 10.9 Å². The Bertz CT molecular complexity index is 387. The Hall–Kier alpha value is -1.47. The molecular weight excluding hydrogens is 244 g/mol. The van der Waals surface area contributed by atoms with E-state index in [0.29, 0.717) is 10.9 Å². The first-order chi connectivity index (χ1) is 6.77. The quantitative estimate of drug-likeness (QED) is 0.199. The summed E-state index contributed by atoms with van der Waals surface area (Å²) in [5.74, 6) is 5.92. The maximum atomic E-state index is 8.43. The van der Waals surface area contributed by atoms with Gasteiger partial charge >= 0.3 is 0 Å². The minimum absolute atomic E-state index is 0.102. The summed E-state index contributed by atoms with van der Waals surface area (Å²) < 4.78 is 0. The highest BCUT2D eigenvalue weighted by Gasteiger charge is 1.96. The molecule has 0 aliphatic rings. The largest absolute Gasteiger partial charge is 0.409 e. The molecule has 0 atom stereocenters. The maximum Gasteiger partial charge on any atom is 0.170 e. The second kappa shape index (κ2) is 5.30. The summed E-state index contributed by atoms with van der Waals surface area (Å²) in [6, 6.07) is 7.16. The lowest BCUT2D eigenvalue weighted by atomic mass is 10.1.